The molecule has 1 aromatic carbocycles. The van der Waals surface area contributed by atoms with Crippen LogP contribution in [0.3, 0.4) is 0 Å². The van der Waals surface area contributed by atoms with Crippen LogP contribution in [-0.4, -0.2) is 94.9 Å². The summed E-state index contributed by atoms with van der Waals surface area (Å²) in [6, 6.07) is 7.59. The van der Waals surface area contributed by atoms with Crippen molar-refractivity contribution in [3.63, 3.8) is 0 Å². The molecule has 2 rings (SSSR count). The molecule has 1 aromatic heterocycles. The maximum atomic E-state index is 12.9. The van der Waals surface area contributed by atoms with Gasteiger partial charge >= 0.3 is 18.0 Å². The molecular formula is C26H34ClN13O8. The molecule has 48 heavy (non-hydrogen) atoms. The normalized spacial score (nSPS) is 11.3. The molecule has 0 unspecified atom stereocenters. The maximum Gasteiger partial charge on any atom is 0.407 e. The van der Waals surface area contributed by atoms with Crippen molar-refractivity contribution in [1.29, 1.82) is 0 Å². The summed E-state index contributed by atoms with van der Waals surface area (Å²) in [5.41, 5.74) is 22.2. The minimum atomic E-state index is -1.27. The Labute approximate surface area is 277 Å². The van der Waals surface area contributed by atoms with Crippen molar-refractivity contribution in [2.75, 3.05) is 37.2 Å². The molecule has 2 aromatic rings. The zero-order valence-corrected chi connectivity index (χ0v) is 26.0. The van der Waals surface area contributed by atoms with E-state index in [1.54, 1.807) is 30.3 Å². The molecule has 14 N–H and O–H groups in total. The van der Waals surface area contributed by atoms with Crippen LogP contribution < -0.4 is 49.5 Å². The van der Waals surface area contributed by atoms with Gasteiger partial charge in [0.15, 0.2) is 28.4 Å². The topological polar surface area (TPSA) is 347 Å². The van der Waals surface area contributed by atoms with Crippen molar-refractivity contribution in [3.8, 4) is 0 Å². The van der Waals surface area contributed by atoms with Crippen molar-refractivity contribution in [2.45, 2.75) is 25.5 Å². The number of alkyl carbamates (subject to hydrolysis) is 1. The Balaban J connectivity index is 1.96. The number of nitrogen functional groups attached to an aromatic ring is 1. The third kappa shape index (κ3) is 14.2. The summed E-state index contributed by atoms with van der Waals surface area (Å²) in [5, 5.41) is 19.8. The van der Waals surface area contributed by atoms with Crippen LogP contribution in [0, 0.1) is 0 Å². The van der Waals surface area contributed by atoms with Crippen LogP contribution in [0.15, 0.2) is 40.3 Å². The number of carboxylic acids is 1. The summed E-state index contributed by atoms with van der Waals surface area (Å²) in [5.74, 6) is -6.36. The van der Waals surface area contributed by atoms with Crippen molar-refractivity contribution in [3.05, 3.63) is 46.7 Å². The second kappa shape index (κ2) is 19.3. The molecule has 1 heterocycles. The van der Waals surface area contributed by atoms with Crippen LogP contribution in [0.4, 0.5) is 16.4 Å². The number of halogens is 1. The summed E-state index contributed by atoms with van der Waals surface area (Å²) in [6.45, 7) is -1.54. The van der Waals surface area contributed by atoms with Gasteiger partial charge in [0, 0.05) is 6.54 Å². The first-order chi connectivity index (χ1) is 22.7. The van der Waals surface area contributed by atoms with Gasteiger partial charge in [0.05, 0.1) is 6.54 Å². The number of benzene rings is 1. The molecule has 22 heteroatoms. The highest BCUT2D eigenvalue weighted by Gasteiger charge is 2.23. The van der Waals surface area contributed by atoms with Crippen LogP contribution >= 0.6 is 11.6 Å². The number of rotatable bonds is 16. The lowest BCUT2D eigenvalue weighted by Crippen LogP contribution is -2.52. The number of carbonyl (C=O) groups is 6. The maximum absolute atomic E-state index is 12.9. The van der Waals surface area contributed by atoms with E-state index in [1.165, 1.54) is 0 Å². The van der Waals surface area contributed by atoms with E-state index in [9.17, 15) is 28.8 Å². The second-order valence-electron chi connectivity index (χ2n) is 9.40. The molecule has 5 amide bonds. The molecule has 0 bridgehead atoms. The minimum absolute atomic E-state index is 0.00971. The van der Waals surface area contributed by atoms with Gasteiger partial charge in [-0.05, 0) is 18.4 Å². The number of aromatic nitrogens is 2. The lowest BCUT2D eigenvalue weighted by Gasteiger charge is -2.18. The standard InChI is InChI=1S/C26H34ClN13O8/c27-19-21(34-11-17(43)44)38-20(28)18(37-19)23(46)40-25(31)39-22(45)14(7-4-8-32-24(29)30)36-16(42)10-33-15(41)9-35-26(47)48-12-13-5-2-1-3-6-13/h1-3,5-6,14H,4,7-12H2,(H,33,41)(H,35,47)(H,36,42)(H,43,44)(H3,28,34,38)(H4,29,30,32)(H3,31,39,40,45,46)/t14-/m0/s1. The number of nitrogens with zero attached hydrogens (tertiary/aromatic N) is 4. The number of nitrogens with one attached hydrogen (secondary N) is 5. The predicted octanol–water partition coefficient (Wildman–Crippen LogP) is -2.64. The van der Waals surface area contributed by atoms with Gasteiger partial charge in [-0.3, -0.25) is 34.3 Å². The van der Waals surface area contributed by atoms with E-state index >= 15 is 0 Å². The third-order valence-corrected chi connectivity index (χ3v) is 5.88. The SMILES string of the molecule is NC(N)=NCCC[C@H](NC(=O)CNC(=O)CNC(=O)OCc1ccccc1)C(=O)NC(N)=NC(=O)c1nc(Cl)c(NCC(=O)O)nc1N. The van der Waals surface area contributed by atoms with E-state index in [0.29, 0.717) is 0 Å². The first kappa shape index (κ1) is 37.9. The van der Waals surface area contributed by atoms with Gasteiger partial charge in [0.2, 0.25) is 23.7 Å². The van der Waals surface area contributed by atoms with E-state index in [2.05, 4.69) is 46.5 Å². The largest absolute Gasteiger partial charge is 0.480 e. The van der Waals surface area contributed by atoms with Crippen molar-refractivity contribution >= 4 is 70.8 Å². The number of aliphatic imine (C=N–C) groups is 2. The summed E-state index contributed by atoms with van der Waals surface area (Å²) in [7, 11) is 0. The third-order valence-electron chi connectivity index (χ3n) is 5.61. The molecule has 21 nitrogen and oxygen atoms in total. The molecule has 0 spiro atoms. The van der Waals surface area contributed by atoms with Crippen molar-refractivity contribution in [2.24, 2.45) is 27.2 Å². The highest BCUT2D eigenvalue weighted by molar-refractivity contribution is 6.32. The van der Waals surface area contributed by atoms with Gasteiger partial charge in [-0.15, -0.1) is 0 Å². The van der Waals surface area contributed by atoms with E-state index in [4.69, 9.17) is 44.4 Å². The lowest BCUT2D eigenvalue weighted by molar-refractivity contribution is -0.135. The summed E-state index contributed by atoms with van der Waals surface area (Å²) in [4.78, 5) is 87.6. The molecule has 1 atom stereocenters. The molecule has 0 saturated heterocycles. The van der Waals surface area contributed by atoms with Crippen LogP contribution in [0.5, 0.6) is 0 Å². The van der Waals surface area contributed by atoms with E-state index in [-0.39, 0.29) is 42.9 Å². The Morgan fingerprint density at radius 3 is 2.31 bits per heavy atom. The number of carboxylic acid groups (broad SMARTS) is 1. The van der Waals surface area contributed by atoms with Crippen LogP contribution in [0.1, 0.15) is 28.9 Å². The molecule has 0 fully saturated rings. The van der Waals surface area contributed by atoms with Gasteiger partial charge < -0.3 is 54.0 Å². The molecule has 0 saturated carbocycles. The number of hydrogen-bond acceptors (Lipinski definition) is 12. The molecule has 0 aliphatic rings. The van der Waals surface area contributed by atoms with Crippen LogP contribution in [0.25, 0.3) is 0 Å². The highest BCUT2D eigenvalue weighted by Crippen LogP contribution is 2.20. The number of ether oxygens (including phenoxy) is 1. The number of hydrogen-bond donors (Lipinski definition) is 10. The van der Waals surface area contributed by atoms with Gasteiger partial charge in [0.1, 0.15) is 25.7 Å². The molecule has 258 valence electrons. The fraction of sp³-hybridized carbons (Fsp3) is 0.308. The number of amides is 5. The Morgan fingerprint density at radius 2 is 1.65 bits per heavy atom. The van der Waals surface area contributed by atoms with E-state index in [0.717, 1.165) is 5.56 Å². The van der Waals surface area contributed by atoms with Gasteiger partial charge in [-0.25, -0.2) is 14.8 Å². The van der Waals surface area contributed by atoms with Gasteiger partial charge in [-0.2, -0.15) is 4.99 Å². The second-order valence-corrected chi connectivity index (χ2v) is 9.75. The van der Waals surface area contributed by atoms with Crippen molar-refractivity contribution < 1.29 is 38.6 Å². The number of aliphatic carboxylic acids is 1. The van der Waals surface area contributed by atoms with Crippen LogP contribution in [0.2, 0.25) is 5.15 Å². The van der Waals surface area contributed by atoms with Gasteiger partial charge in [0.25, 0.3) is 0 Å². The fourth-order valence-corrected chi connectivity index (χ4v) is 3.64. The molecule has 0 aliphatic carbocycles. The molecule has 0 aliphatic heterocycles. The lowest BCUT2D eigenvalue weighted by atomic mass is 10.1. The minimum Gasteiger partial charge on any atom is -0.480 e. The Bertz CT molecular complexity index is 1550. The zero-order chi connectivity index (χ0) is 35.6. The van der Waals surface area contributed by atoms with E-state index in [1.807, 2.05) is 0 Å². The first-order valence-corrected chi connectivity index (χ1v) is 14.2. The average Bonchev–Trinajstić information content (AvgIpc) is 3.03. The smallest absolute Gasteiger partial charge is 0.407 e. The number of guanidine groups is 2. The van der Waals surface area contributed by atoms with Gasteiger partial charge in [-0.1, -0.05) is 41.9 Å². The van der Waals surface area contributed by atoms with E-state index < -0.39 is 78.8 Å². The Hall–Kier alpha value is -6.25. The molecular weight excluding hydrogens is 658 g/mol. The number of carbonyl (C=O) groups excluding carboxylic acids is 5. The Morgan fingerprint density at radius 1 is 0.958 bits per heavy atom. The summed E-state index contributed by atoms with van der Waals surface area (Å²) >= 11 is 5.93. The fourth-order valence-electron chi connectivity index (χ4n) is 3.45. The quantitative estimate of drug-likeness (QED) is 0.0488. The predicted molar refractivity (Wildman–Crippen MR) is 171 cm³/mol. The summed E-state index contributed by atoms with van der Waals surface area (Å²) in [6.07, 6.45) is -0.659. The monoisotopic (exact) mass is 691 g/mol. The molecule has 0 radical (unpaired) electrons. The highest BCUT2D eigenvalue weighted by atomic mass is 35.5. The van der Waals surface area contributed by atoms with Crippen LogP contribution in [-0.2, 0) is 30.5 Å². The first-order valence-electron chi connectivity index (χ1n) is 13.8. The number of anilines is 2. The number of nitrogens with two attached hydrogens (primary N) is 4. The Kier molecular flexibility index (Phi) is 15.3. The average molecular weight is 692 g/mol. The zero-order valence-electron chi connectivity index (χ0n) is 25.2. The summed E-state index contributed by atoms with van der Waals surface area (Å²) < 4.78 is 5.00. The van der Waals surface area contributed by atoms with Crippen molar-refractivity contribution in [1.82, 2.24) is 31.2 Å².